The van der Waals surface area contributed by atoms with Crippen LogP contribution in [-0.4, -0.2) is 39.0 Å². The van der Waals surface area contributed by atoms with Crippen molar-refractivity contribution in [1.82, 2.24) is 5.32 Å². The van der Waals surface area contributed by atoms with Gasteiger partial charge in [0.25, 0.3) is 0 Å². The standard InChI is InChI=1S/C29H34N2O5/c1-4-16-34-25-14-15-27(28(17-25)33-3)31-18-26(19-31)36-24-12-10-23(11-13-24)21(2)30-29(32)35-20-22-8-6-5-7-9-22/h5-15,17,21,26H,4,16,18-20H2,1-3H3,(H,30,32)/t21-/m0/s1. The van der Waals surface area contributed by atoms with E-state index in [9.17, 15) is 4.79 Å². The molecule has 0 spiro atoms. The van der Waals surface area contributed by atoms with Crippen molar-refractivity contribution in [2.75, 3.05) is 31.7 Å². The number of benzene rings is 3. The van der Waals surface area contributed by atoms with E-state index in [-0.39, 0.29) is 18.8 Å². The second-order valence-electron chi connectivity index (χ2n) is 8.82. The minimum atomic E-state index is -0.443. The van der Waals surface area contributed by atoms with Crippen molar-refractivity contribution in [2.45, 2.75) is 39.0 Å². The summed E-state index contributed by atoms with van der Waals surface area (Å²) < 4.78 is 22.7. The monoisotopic (exact) mass is 490 g/mol. The fourth-order valence-corrected chi connectivity index (χ4v) is 3.99. The molecule has 3 aromatic carbocycles. The SMILES string of the molecule is CCCOc1ccc(N2CC(Oc3ccc([C@H](C)NC(=O)OCc4ccccc4)cc3)C2)c(OC)c1. The summed E-state index contributed by atoms with van der Waals surface area (Å²) in [5, 5.41) is 2.87. The average molecular weight is 491 g/mol. The van der Waals surface area contributed by atoms with Gasteiger partial charge < -0.3 is 29.2 Å². The molecule has 1 N–H and O–H groups in total. The van der Waals surface area contributed by atoms with Gasteiger partial charge in [-0.15, -0.1) is 0 Å². The Morgan fingerprint density at radius 3 is 2.44 bits per heavy atom. The van der Waals surface area contributed by atoms with E-state index in [0.29, 0.717) is 6.61 Å². The van der Waals surface area contributed by atoms with E-state index in [2.05, 4.69) is 17.1 Å². The maximum absolute atomic E-state index is 12.1. The number of rotatable bonds is 11. The second kappa shape index (κ2) is 12.2. The Hall–Kier alpha value is -3.87. The number of alkyl carbamates (subject to hydrolysis) is 1. The molecule has 1 heterocycles. The summed E-state index contributed by atoms with van der Waals surface area (Å²) >= 11 is 0. The molecule has 0 aliphatic carbocycles. The zero-order valence-electron chi connectivity index (χ0n) is 21.1. The lowest BCUT2D eigenvalue weighted by molar-refractivity contribution is 0.136. The van der Waals surface area contributed by atoms with Crippen molar-refractivity contribution >= 4 is 11.8 Å². The summed E-state index contributed by atoms with van der Waals surface area (Å²) in [6.07, 6.45) is 0.620. The average Bonchev–Trinajstić information content (AvgIpc) is 2.89. The van der Waals surface area contributed by atoms with Crippen LogP contribution in [0.1, 0.15) is 37.4 Å². The molecule has 1 saturated heterocycles. The Morgan fingerprint density at radius 1 is 1.03 bits per heavy atom. The van der Waals surface area contributed by atoms with E-state index < -0.39 is 6.09 Å². The molecular weight excluding hydrogens is 456 g/mol. The number of carbonyl (C=O) groups excluding carboxylic acids is 1. The third kappa shape index (κ3) is 6.62. The Labute approximate surface area is 212 Å². The maximum Gasteiger partial charge on any atom is 0.407 e. The summed E-state index contributed by atoms with van der Waals surface area (Å²) in [5.74, 6) is 2.42. The molecule has 1 aliphatic rings. The number of nitrogens with zero attached hydrogens (tertiary/aromatic N) is 1. The molecule has 190 valence electrons. The fourth-order valence-electron chi connectivity index (χ4n) is 3.99. The zero-order chi connectivity index (χ0) is 25.3. The van der Waals surface area contributed by atoms with Gasteiger partial charge in [-0.2, -0.15) is 0 Å². The molecule has 1 atom stereocenters. The van der Waals surface area contributed by atoms with Crippen LogP contribution in [-0.2, 0) is 11.3 Å². The van der Waals surface area contributed by atoms with Crippen molar-refractivity contribution in [3.8, 4) is 17.2 Å². The van der Waals surface area contributed by atoms with Crippen LogP contribution in [0.25, 0.3) is 0 Å². The van der Waals surface area contributed by atoms with Crippen LogP contribution < -0.4 is 24.4 Å². The van der Waals surface area contributed by atoms with Crippen molar-refractivity contribution in [2.24, 2.45) is 0 Å². The van der Waals surface area contributed by atoms with E-state index >= 15 is 0 Å². The third-order valence-corrected chi connectivity index (χ3v) is 6.04. The van der Waals surface area contributed by atoms with Crippen molar-refractivity contribution < 1.29 is 23.7 Å². The summed E-state index contributed by atoms with van der Waals surface area (Å²) in [6.45, 7) is 6.49. The molecule has 1 fully saturated rings. The van der Waals surface area contributed by atoms with Crippen molar-refractivity contribution in [3.05, 3.63) is 83.9 Å². The Bertz CT molecular complexity index is 1110. The Kier molecular flexibility index (Phi) is 8.55. The number of ether oxygens (including phenoxy) is 4. The highest BCUT2D eigenvalue weighted by Crippen LogP contribution is 2.35. The van der Waals surface area contributed by atoms with E-state index in [1.54, 1.807) is 7.11 Å². The molecule has 1 amide bonds. The number of anilines is 1. The second-order valence-corrected chi connectivity index (χ2v) is 8.82. The van der Waals surface area contributed by atoms with Crippen LogP contribution in [0.5, 0.6) is 17.2 Å². The van der Waals surface area contributed by atoms with Gasteiger partial charge in [0.05, 0.1) is 38.5 Å². The summed E-state index contributed by atoms with van der Waals surface area (Å²) in [6, 6.07) is 23.2. The maximum atomic E-state index is 12.1. The van der Waals surface area contributed by atoms with Crippen LogP contribution in [0.3, 0.4) is 0 Å². The minimum Gasteiger partial charge on any atom is -0.494 e. The molecule has 0 aromatic heterocycles. The highest BCUT2D eigenvalue weighted by atomic mass is 16.5. The van der Waals surface area contributed by atoms with E-state index in [4.69, 9.17) is 18.9 Å². The number of nitrogens with one attached hydrogen (secondary N) is 1. The van der Waals surface area contributed by atoms with Gasteiger partial charge in [0, 0.05) is 6.07 Å². The van der Waals surface area contributed by atoms with Gasteiger partial charge in [0.15, 0.2) is 0 Å². The molecule has 0 bridgehead atoms. The van der Waals surface area contributed by atoms with Gasteiger partial charge in [0.2, 0.25) is 0 Å². The van der Waals surface area contributed by atoms with Gasteiger partial charge in [-0.05, 0) is 48.7 Å². The van der Waals surface area contributed by atoms with E-state index in [0.717, 1.165) is 53.6 Å². The Morgan fingerprint density at radius 2 is 1.75 bits per heavy atom. The molecule has 4 rings (SSSR count). The lowest BCUT2D eigenvalue weighted by Gasteiger charge is -2.41. The molecule has 0 saturated carbocycles. The number of amides is 1. The molecule has 1 aliphatic heterocycles. The van der Waals surface area contributed by atoms with E-state index in [1.165, 1.54) is 0 Å². The molecule has 0 unspecified atom stereocenters. The Balaban J connectivity index is 1.23. The van der Waals surface area contributed by atoms with Gasteiger partial charge in [-0.3, -0.25) is 0 Å². The first-order valence-corrected chi connectivity index (χ1v) is 12.3. The van der Waals surface area contributed by atoms with Gasteiger partial charge >= 0.3 is 6.09 Å². The lowest BCUT2D eigenvalue weighted by atomic mass is 10.1. The first-order chi connectivity index (χ1) is 17.6. The van der Waals surface area contributed by atoms with E-state index in [1.807, 2.05) is 79.7 Å². The first-order valence-electron chi connectivity index (χ1n) is 12.3. The molecule has 7 nitrogen and oxygen atoms in total. The van der Waals surface area contributed by atoms with Gasteiger partial charge in [-0.25, -0.2) is 4.79 Å². The van der Waals surface area contributed by atoms with Crippen LogP contribution in [0.2, 0.25) is 0 Å². The number of hydrogen-bond donors (Lipinski definition) is 1. The highest BCUT2D eigenvalue weighted by Gasteiger charge is 2.30. The molecule has 7 heteroatoms. The van der Waals surface area contributed by atoms with Crippen LogP contribution in [0.15, 0.2) is 72.8 Å². The smallest absolute Gasteiger partial charge is 0.407 e. The first kappa shape index (κ1) is 25.2. The zero-order valence-corrected chi connectivity index (χ0v) is 21.1. The lowest BCUT2D eigenvalue weighted by Crippen LogP contribution is -2.54. The number of carbonyl (C=O) groups is 1. The molecule has 0 radical (unpaired) electrons. The summed E-state index contributed by atoms with van der Waals surface area (Å²) in [5.41, 5.74) is 2.97. The molecular formula is C29H34N2O5. The quantitative estimate of drug-likeness (QED) is 0.370. The van der Waals surface area contributed by atoms with Crippen LogP contribution in [0.4, 0.5) is 10.5 Å². The van der Waals surface area contributed by atoms with Gasteiger partial charge in [0.1, 0.15) is 30.0 Å². The van der Waals surface area contributed by atoms with Crippen molar-refractivity contribution in [1.29, 1.82) is 0 Å². The summed E-state index contributed by atoms with van der Waals surface area (Å²) in [7, 11) is 1.68. The third-order valence-electron chi connectivity index (χ3n) is 6.04. The van der Waals surface area contributed by atoms with Crippen LogP contribution >= 0.6 is 0 Å². The van der Waals surface area contributed by atoms with Gasteiger partial charge in [-0.1, -0.05) is 49.4 Å². The molecule has 3 aromatic rings. The van der Waals surface area contributed by atoms with Crippen LogP contribution in [0, 0.1) is 0 Å². The molecule has 36 heavy (non-hydrogen) atoms. The predicted octanol–water partition coefficient (Wildman–Crippen LogP) is 5.74. The predicted molar refractivity (Wildman–Crippen MR) is 140 cm³/mol. The largest absolute Gasteiger partial charge is 0.494 e. The summed E-state index contributed by atoms with van der Waals surface area (Å²) in [4.78, 5) is 14.4. The number of hydrogen-bond acceptors (Lipinski definition) is 6. The minimum absolute atomic E-state index is 0.0973. The fraction of sp³-hybridized carbons (Fsp3) is 0.345. The topological polar surface area (TPSA) is 69.3 Å². The van der Waals surface area contributed by atoms with Crippen molar-refractivity contribution in [3.63, 3.8) is 0 Å². The normalized spacial score (nSPS) is 13.9. The number of methoxy groups -OCH3 is 1. The highest BCUT2D eigenvalue weighted by molar-refractivity contribution is 5.68.